The summed E-state index contributed by atoms with van der Waals surface area (Å²) in [5, 5.41) is 3.01. The standard InChI is InChI=1S/C19H20ClFN2O/c20-15-6-9-17(18(21)12-15)19(24)22-13-14-4-7-16(8-5-14)23-10-2-1-3-11-23/h4-9,12H,1-3,10-11,13H2,(H,22,24). The van der Waals surface area contributed by atoms with Crippen LogP contribution in [0.1, 0.15) is 35.2 Å². The lowest BCUT2D eigenvalue weighted by atomic mass is 10.1. The van der Waals surface area contributed by atoms with Gasteiger partial charge in [-0.15, -0.1) is 0 Å². The molecule has 0 aromatic heterocycles. The first kappa shape index (κ1) is 16.8. The van der Waals surface area contributed by atoms with Gasteiger partial charge in [0.1, 0.15) is 5.82 Å². The van der Waals surface area contributed by atoms with Crippen molar-refractivity contribution in [3.8, 4) is 0 Å². The van der Waals surface area contributed by atoms with Gasteiger partial charge in [-0.3, -0.25) is 4.79 Å². The molecule has 1 fully saturated rings. The quantitative estimate of drug-likeness (QED) is 0.890. The summed E-state index contributed by atoms with van der Waals surface area (Å²) in [6, 6.07) is 12.2. The molecule has 0 atom stereocenters. The number of hydrogen-bond donors (Lipinski definition) is 1. The van der Waals surface area contributed by atoms with Crippen LogP contribution in [0.5, 0.6) is 0 Å². The fraction of sp³-hybridized carbons (Fsp3) is 0.316. The number of amides is 1. The molecule has 3 nitrogen and oxygen atoms in total. The maximum absolute atomic E-state index is 13.7. The van der Waals surface area contributed by atoms with Crippen LogP contribution in [0.15, 0.2) is 42.5 Å². The van der Waals surface area contributed by atoms with Crippen molar-refractivity contribution in [2.45, 2.75) is 25.8 Å². The molecule has 3 rings (SSSR count). The highest BCUT2D eigenvalue weighted by Gasteiger charge is 2.13. The van der Waals surface area contributed by atoms with E-state index in [2.05, 4.69) is 22.3 Å². The molecule has 1 N–H and O–H groups in total. The number of hydrogen-bond acceptors (Lipinski definition) is 2. The van der Waals surface area contributed by atoms with Crippen molar-refractivity contribution >= 4 is 23.2 Å². The van der Waals surface area contributed by atoms with E-state index in [1.807, 2.05) is 12.1 Å². The summed E-state index contributed by atoms with van der Waals surface area (Å²) < 4.78 is 13.7. The highest BCUT2D eigenvalue weighted by Crippen LogP contribution is 2.20. The number of anilines is 1. The molecule has 0 saturated carbocycles. The zero-order chi connectivity index (χ0) is 16.9. The molecular weight excluding hydrogens is 327 g/mol. The lowest BCUT2D eigenvalue weighted by molar-refractivity contribution is 0.0947. The highest BCUT2D eigenvalue weighted by molar-refractivity contribution is 6.30. The van der Waals surface area contributed by atoms with E-state index in [0.29, 0.717) is 6.54 Å². The summed E-state index contributed by atoms with van der Waals surface area (Å²) in [4.78, 5) is 14.4. The molecular formula is C19H20ClFN2O. The number of nitrogens with zero attached hydrogens (tertiary/aromatic N) is 1. The second-order valence-corrected chi connectivity index (χ2v) is 6.46. The predicted octanol–water partition coefficient (Wildman–Crippen LogP) is 4.40. The van der Waals surface area contributed by atoms with Crippen molar-refractivity contribution in [1.29, 1.82) is 0 Å². The van der Waals surface area contributed by atoms with Crippen LogP contribution in [-0.2, 0) is 6.54 Å². The van der Waals surface area contributed by atoms with Gasteiger partial charge in [0, 0.05) is 30.3 Å². The number of nitrogens with one attached hydrogen (secondary N) is 1. The Morgan fingerprint density at radius 3 is 2.46 bits per heavy atom. The maximum atomic E-state index is 13.7. The fourth-order valence-corrected chi connectivity index (χ4v) is 3.09. The second kappa shape index (κ2) is 7.67. The average Bonchev–Trinajstić information content (AvgIpc) is 2.61. The Morgan fingerprint density at radius 2 is 1.79 bits per heavy atom. The van der Waals surface area contributed by atoms with Gasteiger partial charge < -0.3 is 10.2 Å². The number of piperidine rings is 1. The topological polar surface area (TPSA) is 32.3 Å². The maximum Gasteiger partial charge on any atom is 0.254 e. The van der Waals surface area contributed by atoms with Gasteiger partial charge in [-0.25, -0.2) is 4.39 Å². The molecule has 0 bridgehead atoms. The van der Waals surface area contributed by atoms with E-state index in [1.165, 1.54) is 37.1 Å². The molecule has 1 amide bonds. The number of carbonyl (C=O) groups is 1. The van der Waals surface area contributed by atoms with Gasteiger partial charge in [0.15, 0.2) is 0 Å². The van der Waals surface area contributed by atoms with Crippen LogP contribution in [0.4, 0.5) is 10.1 Å². The summed E-state index contributed by atoms with van der Waals surface area (Å²) in [7, 11) is 0. The molecule has 0 radical (unpaired) electrons. The predicted molar refractivity (Wildman–Crippen MR) is 95.1 cm³/mol. The lowest BCUT2D eigenvalue weighted by Crippen LogP contribution is -2.29. The first-order valence-electron chi connectivity index (χ1n) is 8.20. The lowest BCUT2D eigenvalue weighted by Gasteiger charge is -2.28. The summed E-state index contributed by atoms with van der Waals surface area (Å²) in [5.41, 5.74) is 2.20. The fourth-order valence-electron chi connectivity index (χ4n) is 2.93. The molecule has 0 unspecified atom stereocenters. The van der Waals surface area contributed by atoms with Gasteiger partial charge in [-0.2, -0.15) is 0 Å². The zero-order valence-electron chi connectivity index (χ0n) is 13.4. The molecule has 1 heterocycles. The minimum atomic E-state index is -0.611. The van der Waals surface area contributed by atoms with E-state index in [0.717, 1.165) is 24.7 Å². The Hall–Kier alpha value is -2.07. The van der Waals surface area contributed by atoms with Crippen LogP contribution >= 0.6 is 11.6 Å². The van der Waals surface area contributed by atoms with Gasteiger partial charge in [0.05, 0.1) is 5.56 Å². The summed E-state index contributed by atoms with van der Waals surface area (Å²) in [6.45, 7) is 2.57. The van der Waals surface area contributed by atoms with E-state index in [1.54, 1.807) is 0 Å². The molecule has 0 spiro atoms. The van der Waals surface area contributed by atoms with E-state index in [-0.39, 0.29) is 10.6 Å². The molecule has 2 aromatic carbocycles. The van der Waals surface area contributed by atoms with Crippen LogP contribution in [0.3, 0.4) is 0 Å². The van der Waals surface area contributed by atoms with Gasteiger partial charge in [-0.05, 0) is 55.2 Å². The first-order valence-corrected chi connectivity index (χ1v) is 8.58. The molecule has 2 aromatic rings. The molecule has 24 heavy (non-hydrogen) atoms. The summed E-state index contributed by atoms with van der Waals surface area (Å²) >= 11 is 5.70. The molecule has 5 heteroatoms. The summed E-state index contributed by atoms with van der Waals surface area (Å²) in [5.74, 6) is -1.05. The third-order valence-electron chi connectivity index (χ3n) is 4.29. The average molecular weight is 347 g/mol. The SMILES string of the molecule is O=C(NCc1ccc(N2CCCCC2)cc1)c1ccc(Cl)cc1F. The number of rotatable bonds is 4. The molecule has 1 aliphatic heterocycles. The highest BCUT2D eigenvalue weighted by atomic mass is 35.5. The van der Waals surface area contributed by atoms with Crippen molar-refractivity contribution in [2.24, 2.45) is 0 Å². The van der Waals surface area contributed by atoms with Gasteiger partial charge in [0.25, 0.3) is 5.91 Å². The molecule has 1 saturated heterocycles. The van der Waals surface area contributed by atoms with Crippen molar-refractivity contribution in [2.75, 3.05) is 18.0 Å². The number of carbonyl (C=O) groups excluding carboxylic acids is 1. The van der Waals surface area contributed by atoms with Gasteiger partial charge in [-0.1, -0.05) is 23.7 Å². The normalized spacial score (nSPS) is 14.5. The van der Waals surface area contributed by atoms with E-state index in [4.69, 9.17) is 11.6 Å². The Balaban J connectivity index is 1.59. The summed E-state index contributed by atoms with van der Waals surface area (Å²) in [6.07, 6.45) is 3.79. The minimum Gasteiger partial charge on any atom is -0.372 e. The minimum absolute atomic E-state index is 0.00402. The monoisotopic (exact) mass is 346 g/mol. The van der Waals surface area contributed by atoms with Crippen molar-refractivity contribution < 1.29 is 9.18 Å². The zero-order valence-corrected chi connectivity index (χ0v) is 14.2. The van der Waals surface area contributed by atoms with Crippen LogP contribution < -0.4 is 10.2 Å². The molecule has 1 aliphatic rings. The number of halogens is 2. The molecule has 126 valence electrons. The van der Waals surface area contributed by atoms with Gasteiger partial charge in [0.2, 0.25) is 0 Å². The van der Waals surface area contributed by atoms with Crippen LogP contribution in [0.25, 0.3) is 0 Å². The first-order chi connectivity index (χ1) is 11.6. The van der Waals surface area contributed by atoms with E-state index >= 15 is 0 Å². The Labute approximate surface area is 146 Å². The van der Waals surface area contributed by atoms with E-state index < -0.39 is 11.7 Å². The third-order valence-corrected chi connectivity index (χ3v) is 4.52. The Morgan fingerprint density at radius 1 is 1.08 bits per heavy atom. The third kappa shape index (κ3) is 4.06. The Bertz CT molecular complexity index is 712. The van der Waals surface area contributed by atoms with Crippen molar-refractivity contribution in [3.05, 3.63) is 64.4 Å². The van der Waals surface area contributed by atoms with Crippen molar-refractivity contribution in [3.63, 3.8) is 0 Å². The van der Waals surface area contributed by atoms with Crippen LogP contribution in [0.2, 0.25) is 5.02 Å². The second-order valence-electron chi connectivity index (χ2n) is 6.02. The van der Waals surface area contributed by atoms with Crippen LogP contribution in [-0.4, -0.2) is 19.0 Å². The van der Waals surface area contributed by atoms with Gasteiger partial charge >= 0.3 is 0 Å². The van der Waals surface area contributed by atoms with Crippen LogP contribution in [0, 0.1) is 5.82 Å². The molecule has 0 aliphatic carbocycles. The van der Waals surface area contributed by atoms with E-state index in [9.17, 15) is 9.18 Å². The number of benzene rings is 2. The smallest absolute Gasteiger partial charge is 0.254 e. The van der Waals surface area contributed by atoms with Crippen molar-refractivity contribution in [1.82, 2.24) is 5.32 Å². The largest absolute Gasteiger partial charge is 0.372 e. The Kier molecular flexibility index (Phi) is 5.36.